The third-order valence-electron chi connectivity index (χ3n) is 4.69. The Kier molecular flexibility index (Phi) is 5.22. The second-order valence-corrected chi connectivity index (χ2v) is 8.09. The standard InChI is InChI=1S/C24H20N2OS/c1-16-12-14-19(15-13-16)23(27)17(2)28-24-21-11-7-6-10-20(21)22(25-26-24)18-8-4-3-5-9-18/h3-15,17H,1-2H3/t17-/m1/s1. The first-order valence-electron chi connectivity index (χ1n) is 9.22. The Labute approximate surface area is 168 Å². The van der Waals surface area contributed by atoms with Crippen LogP contribution < -0.4 is 0 Å². The summed E-state index contributed by atoms with van der Waals surface area (Å²) in [5.74, 6) is 0.100. The molecule has 0 fully saturated rings. The van der Waals surface area contributed by atoms with Gasteiger partial charge in [-0.3, -0.25) is 4.79 Å². The number of ketones is 1. The van der Waals surface area contributed by atoms with E-state index in [2.05, 4.69) is 16.3 Å². The fraction of sp³-hybridized carbons (Fsp3) is 0.125. The van der Waals surface area contributed by atoms with E-state index < -0.39 is 0 Å². The normalized spacial score (nSPS) is 12.1. The molecular weight excluding hydrogens is 364 g/mol. The highest BCUT2D eigenvalue weighted by atomic mass is 32.2. The number of fused-ring (bicyclic) bond motifs is 1. The zero-order valence-electron chi connectivity index (χ0n) is 15.8. The molecule has 0 aliphatic heterocycles. The zero-order chi connectivity index (χ0) is 19.5. The van der Waals surface area contributed by atoms with Gasteiger partial charge in [0.15, 0.2) is 5.78 Å². The maximum Gasteiger partial charge on any atom is 0.175 e. The maximum absolute atomic E-state index is 12.8. The Morgan fingerprint density at radius 3 is 2.18 bits per heavy atom. The molecule has 0 N–H and O–H groups in total. The highest BCUT2D eigenvalue weighted by molar-refractivity contribution is 8.00. The largest absolute Gasteiger partial charge is 0.293 e. The summed E-state index contributed by atoms with van der Waals surface area (Å²) in [6.45, 7) is 3.94. The minimum absolute atomic E-state index is 0.100. The number of rotatable bonds is 5. The maximum atomic E-state index is 12.8. The molecule has 0 bridgehead atoms. The van der Waals surface area contributed by atoms with E-state index in [9.17, 15) is 4.79 Å². The molecule has 3 nitrogen and oxygen atoms in total. The fourth-order valence-corrected chi connectivity index (χ4v) is 4.12. The molecule has 4 aromatic rings. The Bertz CT molecular complexity index is 1120. The molecule has 138 valence electrons. The first-order chi connectivity index (χ1) is 13.6. The lowest BCUT2D eigenvalue weighted by atomic mass is 10.1. The molecule has 0 amide bonds. The van der Waals surface area contributed by atoms with Crippen molar-refractivity contribution in [2.45, 2.75) is 24.1 Å². The molecule has 0 aliphatic carbocycles. The smallest absolute Gasteiger partial charge is 0.175 e. The first kappa shape index (κ1) is 18.4. The van der Waals surface area contributed by atoms with Gasteiger partial charge in [-0.2, -0.15) is 0 Å². The summed E-state index contributed by atoms with van der Waals surface area (Å²) >= 11 is 1.46. The van der Waals surface area contributed by atoms with E-state index >= 15 is 0 Å². The molecular formula is C24H20N2OS. The number of thioether (sulfide) groups is 1. The van der Waals surface area contributed by atoms with E-state index in [1.165, 1.54) is 11.8 Å². The number of hydrogen-bond acceptors (Lipinski definition) is 4. The summed E-state index contributed by atoms with van der Waals surface area (Å²) in [6, 6.07) is 25.9. The van der Waals surface area contributed by atoms with Crippen LogP contribution in [-0.4, -0.2) is 21.2 Å². The predicted octanol–water partition coefficient (Wildman–Crippen LogP) is 5.97. The van der Waals surface area contributed by atoms with Crippen molar-refractivity contribution in [3.63, 3.8) is 0 Å². The lowest BCUT2D eigenvalue weighted by Crippen LogP contribution is -2.14. The molecule has 1 aromatic heterocycles. The lowest BCUT2D eigenvalue weighted by molar-refractivity contribution is 0.0994. The minimum atomic E-state index is -0.247. The monoisotopic (exact) mass is 384 g/mol. The van der Waals surface area contributed by atoms with Crippen LogP contribution in [0.15, 0.2) is 83.9 Å². The number of nitrogens with zero attached hydrogens (tertiary/aromatic N) is 2. The Hall–Kier alpha value is -2.98. The van der Waals surface area contributed by atoms with Crippen molar-refractivity contribution in [1.29, 1.82) is 0 Å². The molecule has 0 saturated heterocycles. The van der Waals surface area contributed by atoms with Gasteiger partial charge in [0, 0.05) is 21.9 Å². The van der Waals surface area contributed by atoms with E-state index in [1.807, 2.05) is 86.6 Å². The van der Waals surface area contributed by atoms with E-state index in [0.717, 1.165) is 38.2 Å². The van der Waals surface area contributed by atoms with Crippen LogP contribution in [0.3, 0.4) is 0 Å². The highest BCUT2D eigenvalue weighted by Gasteiger charge is 2.19. The summed E-state index contributed by atoms with van der Waals surface area (Å²) in [6.07, 6.45) is 0. The summed E-state index contributed by atoms with van der Waals surface area (Å²) in [5, 5.41) is 11.6. The second-order valence-electron chi connectivity index (χ2n) is 6.76. The Morgan fingerprint density at radius 1 is 0.821 bits per heavy atom. The third kappa shape index (κ3) is 3.69. The zero-order valence-corrected chi connectivity index (χ0v) is 16.6. The van der Waals surface area contributed by atoms with Crippen molar-refractivity contribution in [1.82, 2.24) is 10.2 Å². The number of carbonyl (C=O) groups excluding carboxylic acids is 1. The van der Waals surface area contributed by atoms with Crippen LogP contribution in [0.25, 0.3) is 22.0 Å². The van der Waals surface area contributed by atoms with Gasteiger partial charge in [0.1, 0.15) is 10.7 Å². The predicted molar refractivity (Wildman–Crippen MR) is 116 cm³/mol. The average molecular weight is 385 g/mol. The van der Waals surface area contributed by atoms with Crippen LogP contribution in [-0.2, 0) is 0 Å². The van der Waals surface area contributed by atoms with Crippen molar-refractivity contribution in [2.24, 2.45) is 0 Å². The number of aryl methyl sites for hydroxylation is 1. The average Bonchev–Trinajstić information content (AvgIpc) is 2.74. The van der Waals surface area contributed by atoms with E-state index in [0.29, 0.717) is 0 Å². The summed E-state index contributed by atoms with van der Waals surface area (Å²) in [5.41, 5.74) is 3.76. The molecule has 3 aromatic carbocycles. The fourth-order valence-electron chi connectivity index (χ4n) is 3.15. The second kappa shape index (κ2) is 7.95. The number of aromatic nitrogens is 2. The van der Waals surface area contributed by atoms with E-state index in [-0.39, 0.29) is 11.0 Å². The van der Waals surface area contributed by atoms with E-state index in [1.54, 1.807) is 0 Å². The number of carbonyl (C=O) groups is 1. The van der Waals surface area contributed by atoms with Crippen molar-refractivity contribution in [3.8, 4) is 11.3 Å². The molecule has 0 radical (unpaired) electrons. The van der Waals surface area contributed by atoms with Gasteiger partial charge in [0.25, 0.3) is 0 Å². The quantitative estimate of drug-likeness (QED) is 0.314. The molecule has 4 heteroatoms. The van der Waals surface area contributed by atoms with Crippen LogP contribution in [0.4, 0.5) is 0 Å². The van der Waals surface area contributed by atoms with Crippen molar-refractivity contribution in [3.05, 3.63) is 90.0 Å². The van der Waals surface area contributed by atoms with Crippen molar-refractivity contribution in [2.75, 3.05) is 0 Å². The van der Waals surface area contributed by atoms with Crippen LogP contribution in [0.2, 0.25) is 0 Å². The van der Waals surface area contributed by atoms with Gasteiger partial charge in [-0.1, -0.05) is 96.2 Å². The van der Waals surface area contributed by atoms with Crippen LogP contribution in [0.5, 0.6) is 0 Å². The van der Waals surface area contributed by atoms with Crippen LogP contribution >= 0.6 is 11.8 Å². The number of hydrogen-bond donors (Lipinski definition) is 0. The van der Waals surface area contributed by atoms with Gasteiger partial charge >= 0.3 is 0 Å². The highest BCUT2D eigenvalue weighted by Crippen LogP contribution is 2.34. The molecule has 0 saturated carbocycles. The Balaban J connectivity index is 1.68. The van der Waals surface area contributed by atoms with Crippen molar-refractivity contribution >= 4 is 28.3 Å². The molecule has 0 spiro atoms. The topological polar surface area (TPSA) is 42.9 Å². The van der Waals surface area contributed by atoms with Gasteiger partial charge < -0.3 is 0 Å². The summed E-state index contributed by atoms with van der Waals surface area (Å²) in [4.78, 5) is 12.8. The molecule has 0 aliphatic rings. The summed E-state index contributed by atoms with van der Waals surface area (Å²) in [7, 11) is 0. The van der Waals surface area contributed by atoms with Crippen LogP contribution in [0.1, 0.15) is 22.8 Å². The lowest BCUT2D eigenvalue weighted by Gasteiger charge is -2.13. The van der Waals surface area contributed by atoms with Gasteiger partial charge in [0.2, 0.25) is 0 Å². The SMILES string of the molecule is Cc1ccc(C(=O)[C@@H](C)Sc2nnc(-c3ccccc3)c3ccccc23)cc1. The molecule has 0 unspecified atom stereocenters. The van der Waals surface area contributed by atoms with Gasteiger partial charge in [-0.05, 0) is 13.8 Å². The van der Waals surface area contributed by atoms with E-state index in [4.69, 9.17) is 0 Å². The van der Waals surface area contributed by atoms with Gasteiger partial charge in [0.05, 0.1) is 5.25 Å². The van der Waals surface area contributed by atoms with Crippen LogP contribution in [0, 0.1) is 6.92 Å². The third-order valence-corrected chi connectivity index (χ3v) is 5.79. The minimum Gasteiger partial charge on any atom is -0.293 e. The number of Topliss-reactive ketones (excluding diaryl/α,β-unsaturated/α-hetero) is 1. The molecule has 1 atom stereocenters. The van der Waals surface area contributed by atoms with Crippen molar-refractivity contribution < 1.29 is 4.79 Å². The Morgan fingerprint density at radius 2 is 1.46 bits per heavy atom. The van der Waals surface area contributed by atoms with Gasteiger partial charge in [-0.25, -0.2) is 0 Å². The number of benzene rings is 3. The first-order valence-corrected chi connectivity index (χ1v) is 10.1. The van der Waals surface area contributed by atoms with Gasteiger partial charge in [-0.15, -0.1) is 10.2 Å². The summed E-state index contributed by atoms with van der Waals surface area (Å²) < 4.78 is 0. The molecule has 1 heterocycles. The molecule has 28 heavy (non-hydrogen) atoms. The molecule has 4 rings (SSSR count).